The Balaban J connectivity index is 0. The summed E-state index contributed by atoms with van der Waals surface area (Å²) in [6.45, 7) is 5.90. The van der Waals surface area contributed by atoms with Crippen molar-refractivity contribution in [3.8, 4) is 0 Å². The van der Waals surface area contributed by atoms with Crippen molar-refractivity contribution in [1.82, 2.24) is 0 Å². The maximum Gasteiger partial charge on any atom is 0.305 e. The summed E-state index contributed by atoms with van der Waals surface area (Å²) in [5, 5.41) is 35.4. The van der Waals surface area contributed by atoms with Crippen LogP contribution in [-0.4, -0.2) is 71.0 Å². The zero-order valence-electron chi connectivity index (χ0n) is 32.9. The molecular formula is C42H82O8. The van der Waals surface area contributed by atoms with E-state index in [2.05, 4.69) is 32.9 Å². The van der Waals surface area contributed by atoms with Gasteiger partial charge in [0.15, 0.2) is 0 Å². The average Bonchev–Trinajstić information content (AvgIpc) is 3.11. The van der Waals surface area contributed by atoms with Gasteiger partial charge in [-0.3, -0.25) is 9.59 Å². The molecule has 0 saturated carbocycles. The van der Waals surface area contributed by atoms with Gasteiger partial charge in [-0.25, -0.2) is 0 Å². The molecule has 2 unspecified atom stereocenters. The summed E-state index contributed by atoms with van der Waals surface area (Å²) in [6, 6.07) is 0. The minimum atomic E-state index is -0.960. The van der Waals surface area contributed by atoms with Crippen LogP contribution in [0.2, 0.25) is 0 Å². The lowest BCUT2D eigenvalue weighted by molar-refractivity contribution is -0.148. The van der Waals surface area contributed by atoms with E-state index in [-0.39, 0.29) is 38.4 Å². The molecule has 0 aromatic carbocycles. The van der Waals surface area contributed by atoms with Crippen molar-refractivity contribution in [1.29, 1.82) is 0 Å². The number of carbonyl (C=O) groups excluding carboxylic acids is 2. The summed E-state index contributed by atoms with van der Waals surface area (Å²) < 4.78 is 9.72. The number of esters is 2. The molecule has 2 atom stereocenters. The van der Waals surface area contributed by atoms with Crippen molar-refractivity contribution >= 4 is 11.9 Å². The van der Waals surface area contributed by atoms with Gasteiger partial charge < -0.3 is 29.9 Å². The Kier molecular flexibility index (Phi) is 42.5. The topological polar surface area (TPSA) is 134 Å². The minimum Gasteiger partial charge on any atom is -0.463 e. The van der Waals surface area contributed by atoms with Gasteiger partial charge in [-0.2, -0.15) is 0 Å². The quantitative estimate of drug-likeness (QED) is 0.0286. The van der Waals surface area contributed by atoms with E-state index in [1.165, 1.54) is 128 Å². The molecule has 4 N–H and O–H groups in total. The fourth-order valence-corrected chi connectivity index (χ4v) is 5.56. The predicted molar refractivity (Wildman–Crippen MR) is 207 cm³/mol. The summed E-state index contributed by atoms with van der Waals surface area (Å²) >= 11 is 0. The molecule has 8 nitrogen and oxygen atoms in total. The van der Waals surface area contributed by atoms with Gasteiger partial charge in [0.05, 0.1) is 13.2 Å². The Morgan fingerprint density at radius 3 is 1.16 bits per heavy atom. The molecule has 0 aliphatic heterocycles. The minimum absolute atomic E-state index is 0.104. The third-order valence-corrected chi connectivity index (χ3v) is 8.85. The van der Waals surface area contributed by atoms with Crippen LogP contribution in [0, 0.1) is 5.92 Å². The molecule has 0 aliphatic carbocycles. The molecule has 0 fully saturated rings. The van der Waals surface area contributed by atoms with Crippen molar-refractivity contribution in [2.45, 2.75) is 213 Å². The first-order chi connectivity index (χ1) is 24.3. The number of hydrogen-bond donors (Lipinski definition) is 4. The van der Waals surface area contributed by atoms with Crippen molar-refractivity contribution < 1.29 is 39.5 Å². The van der Waals surface area contributed by atoms with E-state index < -0.39 is 12.2 Å². The number of hydrogen-bond acceptors (Lipinski definition) is 8. The first-order valence-electron chi connectivity index (χ1n) is 20.8. The van der Waals surface area contributed by atoms with E-state index >= 15 is 0 Å². The number of rotatable bonds is 36. The van der Waals surface area contributed by atoms with Gasteiger partial charge in [0, 0.05) is 12.8 Å². The standard InChI is InChI=1S/C21H42O4.C21H40O4/c1-19(2)15-13-11-9-7-5-3-4-6-8-10-12-14-16-21(24)25-18-20(23)17-22;1-2-3-4-5-6-7-8-9-10-11-12-13-14-15-16-17-21(24)25-19-20(23)18-22/h19-20,22-23H,3-18H2,1-2H3;9-10,20,22-23H,2-8,11-19H2,1H3/b;10-9-. The van der Waals surface area contributed by atoms with Crippen molar-refractivity contribution in [2.75, 3.05) is 26.4 Å². The van der Waals surface area contributed by atoms with Gasteiger partial charge in [-0.15, -0.1) is 0 Å². The first-order valence-corrected chi connectivity index (χ1v) is 20.8. The maximum absolute atomic E-state index is 11.4. The van der Waals surface area contributed by atoms with Crippen molar-refractivity contribution in [3.05, 3.63) is 12.2 Å². The van der Waals surface area contributed by atoms with Gasteiger partial charge in [-0.05, 0) is 44.4 Å². The second-order valence-electron chi connectivity index (χ2n) is 14.5. The molecule has 0 amide bonds. The molecule has 298 valence electrons. The summed E-state index contributed by atoms with van der Waals surface area (Å²) in [5.74, 6) is 0.288. The molecule has 0 spiro atoms. The second-order valence-corrected chi connectivity index (χ2v) is 14.5. The average molecular weight is 715 g/mol. The fraction of sp³-hybridized carbons (Fsp3) is 0.905. The van der Waals surface area contributed by atoms with Crippen LogP contribution in [0.1, 0.15) is 201 Å². The van der Waals surface area contributed by atoms with Crippen LogP contribution in [0.25, 0.3) is 0 Å². The van der Waals surface area contributed by atoms with E-state index in [0.29, 0.717) is 12.8 Å². The molecular weight excluding hydrogens is 632 g/mol. The molecule has 50 heavy (non-hydrogen) atoms. The number of carbonyl (C=O) groups is 2. The van der Waals surface area contributed by atoms with E-state index in [0.717, 1.165) is 44.4 Å². The summed E-state index contributed by atoms with van der Waals surface area (Å²) in [6.07, 6.45) is 36.3. The van der Waals surface area contributed by atoms with E-state index in [1.54, 1.807) is 0 Å². The normalized spacial score (nSPS) is 12.6. The van der Waals surface area contributed by atoms with E-state index in [9.17, 15) is 9.59 Å². The SMILES string of the molecule is CC(C)CCCCCCCCCCCCCCC(=O)OCC(O)CO.CCCCCCCC/C=C\CCCCCCCC(=O)OCC(O)CO. The number of unbranched alkanes of at least 4 members (excludes halogenated alkanes) is 22. The first kappa shape index (κ1) is 50.6. The monoisotopic (exact) mass is 715 g/mol. The van der Waals surface area contributed by atoms with Crippen LogP contribution < -0.4 is 0 Å². The number of ether oxygens (including phenoxy) is 2. The molecule has 0 heterocycles. The van der Waals surface area contributed by atoms with Crippen LogP contribution in [0.3, 0.4) is 0 Å². The Hall–Kier alpha value is -1.48. The lowest BCUT2D eigenvalue weighted by atomic mass is 10.0. The molecule has 0 aliphatic rings. The molecule has 0 bridgehead atoms. The van der Waals surface area contributed by atoms with Crippen LogP contribution in [0.4, 0.5) is 0 Å². The highest BCUT2D eigenvalue weighted by molar-refractivity contribution is 5.69. The second kappa shape index (κ2) is 41.9. The maximum atomic E-state index is 11.4. The fourth-order valence-electron chi connectivity index (χ4n) is 5.56. The van der Waals surface area contributed by atoms with Gasteiger partial charge >= 0.3 is 11.9 Å². The van der Waals surface area contributed by atoms with Crippen LogP contribution >= 0.6 is 0 Å². The summed E-state index contributed by atoms with van der Waals surface area (Å²) in [5.41, 5.74) is 0. The molecule has 0 radical (unpaired) electrons. The number of aliphatic hydroxyl groups excluding tert-OH is 4. The predicted octanol–water partition coefficient (Wildman–Crippen LogP) is 9.92. The highest BCUT2D eigenvalue weighted by Gasteiger charge is 2.08. The molecule has 0 aromatic heterocycles. The Morgan fingerprint density at radius 2 is 0.820 bits per heavy atom. The number of allylic oxidation sites excluding steroid dienone is 2. The molecule has 0 saturated heterocycles. The van der Waals surface area contributed by atoms with Gasteiger partial charge in [-0.1, -0.05) is 161 Å². The number of aliphatic hydroxyl groups is 4. The van der Waals surface area contributed by atoms with Crippen molar-refractivity contribution in [2.24, 2.45) is 5.92 Å². The molecule has 8 heteroatoms. The largest absolute Gasteiger partial charge is 0.463 e. The lowest BCUT2D eigenvalue weighted by Gasteiger charge is -2.08. The smallest absolute Gasteiger partial charge is 0.305 e. The summed E-state index contributed by atoms with van der Waals surface area (Å²) in [7, 11) is 0. The third kappa shape index (κ3) is 44.5. The molecule has 0 aromatic rings. The molecule has 0 rings (SSSR count). The summed E-state index contributed by atoms with van der Waals surface area (Å²) in [4.78, 5) is 22.8. The highest BCUT2D eigenvalue weighted by atomic mass is 16.5. The van der Waals surface area contributed by atoms with Crippen LogP contribution in [0.15, 0.2) is 12.2 Å². The van der Waals surface area contributed by atoms with Gasteiger partial charge in [0.25, 0.3) is 0 Å². The Morgan fingerprint density at radius 1 is 0.500 bits per heavy atom. The van der Waals surface area contributed by atoms with Crippen molar-refractivity contribution in [3.63, 3.8) is 0 Å². The zero-order chi connectivity index (χ0) is 37.3. The van der Waals surface area contributed by atoms with Gasteiger partial charge in [0.2, 0.25) is 0 Å². The Labute approximate surface area is 308 Å². The van der Waals surface area contributed by atoms with Crippen LogP contribution in [0.5, 0.6) is 0 Å². The van der Waals surface area contributed by atoms with Gasteiger partial charge in [0.1, 0.15) is 25.4 Å². The third-order valence-electron chi connectivity index (χ3n) is 8.85. The zero-order valence-corrected chi connectivity index (χ0v) is 32.9. The van der Waals surface area contributed by atoms with Crippen LogP contribution in [-0.2, 0) is 19.1 Å². The van der Waals surface area contributed by atoms with E-state index in [1.807, 2.05) is 0 Å². The van der Waals surface area contributed by atoms with E-state index in [4.69, 9.17) is 29.9 Å². The highest BCUT2D eigenvalue weighted by Crippen LogP contribution is 2.15. The Bertz CT molecular complexity index is 727. The lowest BCUT2D eigenvalue weighted by Crippen LogP contribution is -2.21.